The number of hydrogen-bond donors (Lipinski definition) is 2. The molecule has 84 valence electrons. The van der Waals surface area contributed by atoms with E-state index in [0.717, 1.165) is 17.4 Å². The number of benzene rings is 1. The highest BCUT2D eigenvalue weighted by Crippen LogP contribution is 2.27. The van der Waals surface area contributed by atoms with Gasteiger partial charge in [-0.05, 0) is 37.1 Å². The van der Waals surface area contributed by atoms with E-state index in [1.807, 2.05) is 6.07 Å². The first-order valence-electron chi connectivity index (χ1n) is 5.71. The molecule has 1 fully saturated rings. The smallest absolute Gasteiger partial charge is 0.132 e. The highest BCUT2D eigenvalue weighted by atomic mass is 35.5. The van der Waals surface area contributed by atoms with Crippen LogP contribution in [0.4, 0.5) is 0 Å². The van der Waals surface area contributed by atoms with Gasteiger partial charge in [0.15, 0.2) is 0 Å². The number of halogens is 1. The molecule has 3 nitrogen and oxygen atoms in total. The summed E-state index contributed by atoms with van der Waals surface area (Å²) in [6.45, 7) is 1.12. The number of fused-ring (bicyclic) bond motifs is 1. The highest BCUT2D eigenvalue weighted by Gasteiger charge is 2.15. The van der Waals surface area contributed by atoms with E-state index in [9.17, 15) is 0 Å². The fraction of sp³-hybridized carbons (Fsp3) is 0.417. The fourth-order valence-electron chi connectivity index (χ4n) is 2.35. The molecule has 1 aliphatic rings. The van der Waals surface area contributed by atoms with E-state index in [-0.39, 0.29) is 0 Å². The monoisotopic (exact) mass is 235 g/mol. The summed E-state index contributed by atoms with van der Waals surface area (Å²) in [7, 11) is 0. The molecule has 1 saturated heterocycles. The molecule has 1 unspecified atom stereocenters. The number of rotatable bonds is 1. The number of H-pyrrole nitrogens is 1. The third-order valence-electron chi connectivity index (χ3n) is 3.25. The summed E-state index contributed by atoms with van der Waals surface area (Å²) in [5.74, 6) is 0. The maximum absolute atomic E-state index is 5.98. The molecule has 16 heavy (non-hydrogen) atoms. The molecule has 0 bridgehead atoms. The summed E-state index contributed by atoms with van der Waals surface area (Å²) in [5.41, 5.74) is 2.27. The summed E-state index contributed by atoms with van der Waals surface area (Å²) in [4.78, 5) is 0. The zero-order valence-electron chi connectivity index (χ0n) is 8.96. The Kier molecular flexibility index (Phi) is 2.58. The molecule has 2 N–H and O–H groups in total. The Morgan fingerprint density at radius 3 is 3.06 bits per heavy atom. The van der Waals surface area contributed by atoms with E-state index in [1.54, 1.807) is 0 Å². The molecule has 1 atom stereocenters. The predicted molar refractivity (Wildman–Crippen MR) is 65.7 cm³/mol. The van der Waals surface area contributed by atoms with Gasteiger partial charge in [-0.2, -0.15) is 5.10 Å². The van der Waals surface area contributed by atoms with Crippen molar-refractivity contribution in [2.45, 2.75) is 25.3 Å². The Morgan fingerprint density at radius 2 is 2.25 bits per heavy atom. The maximum Gasteiger partial charge on any atom is 0.132 e. The van der Waals surface area contributed by atoms with Crippen LogP contribution in [0.5, 0.6) is 0 Å². The molecule has 3 rings (SSSR count). The molecular weight excluding hydrogens is 222 g/mol. The van der Waals surface area contributed by atoms with Crippen LogP contribution >= 0.6 is 11.6 Å². The molecule has 0 spiro atoms. The van der Waals surface area contributed by atoms with Gasteiger partial charge in [0.25, 0.3) is 0 Å². The minimum atomic E-state index is 0.480. The van der Waals surface area contributed by atoms with E-state index >= 15 is 0 Å². The van der Waals surface area contributed by atoms with Crippen LogP contribution < -0.4 is 5.32 Å². The van der Waals surface area contributed by atoms with Gasteiger partial charge < -0.3 is 5.32 Å². The molecule has 4 heteroatoms. The first kappa shape index (κ1) is 10.1. The number of hydrogen-bond acceptors (Lipinski definition) is 2. The van der Waals surface area contributed by atoms with Crippen molar-refractivity contribution in [2.24, 2.45) is 0 Å². The molecule has 1 aromatic carbocycles. The molecule has 1 aliphatic heterocycles. The van der Waals surface area contributed by atoms with Gasteiger partial charge in [0.05, 0.1) is 5.52 Å². The average Bonchev–Trinajstić information content (AvgIpc) is 2.72. The Morgan fingerprint density at radius 1 is 1.31 bits per heavy atom. The van der Waals surface area contributed by atoms with Crippen molar-refractivity contribution in [1.82, 2.24) is 15.5 Å². The number of aromatic amines is 1. The second-order valence-corrected chi connectivity index (χ2v) is 4.69. The first-order chi connectivity index (χ1) is 7.84. The summed E-state index contributed by atoms with van der Waals surface area (Å²) in [6.07, 6.45) is 3.80. The van der Waals surface area contributed by atoms with E-state index in [2.05, 4.69) is 27.6 Å². The van der Waals surface area contributed by atoms with E-state index in [4.69, 9.17) is 11.6 Å². The normalized spacial score (nSPS) is 21.4. The van der Waals surface area contributed by atoms with Crippen LogP contribution in [0.2, 0.25) is 5.15 Å². The van der Waals surface area contributed by atoms with Crippen LogP contribution in [0.3, 0.4) is 0 Å². The van der Waals surface area contributed by atoms with Crippen LogP contribution in [-0.2, 0) is 0 Å². The molecular formula is C12H14ClN3. The van der Waals surface area contributed by atoms with Crippen LogP contribution in [0.1, 0.15) is 30.9 Å². The third-order valence-corrected chi connectivity index (χ3v) is 3.53. The largest absolute Gasteiger partial charge is 0.310 e. The Bertz CT molecular complexity index is 500. The van der Waals surface area contributed by atoms with Crippen molar-refractivity contribution in [3.8, 4) is 0 Å². The molecule has 0 amide bonds. The second-order valence-electron chi connectivity index (χ2n) is 4.32. The Balaban J connectivity index is 1.97. The SMILES string of the molecule is Clc1[nH]nc2cc(C3CCCCN3)ccc12. The van der Waals surface area contributed by atoms with Crippen molar-refractivity contribution in [1.29, 1.82) is 0 Å². The van der Waals surface area contributed by atoms with E-state index in [1.165, 1.54) is 24.8 Å². The standard InChI is InChI=1S/C12H14ClN3/c13-12-9-5-4-8(7-11(9)15-16-12)10-3-1-2-6-14-10/h4-5,7,10,14H,1-3,6H2,(H,15,16). The molecule has 2 aromatic rings. The predicted octanol–water partition coefficient (Wildman–Crippen LogP) is 3.03. The molecule has 1 aromatic heterocycles. The van der Waals surface area contributed by atoms with Crippen molar-refractivity contribution in [2.75, 3.05) is 6.54 Å². The molecule has 0 radical (unpaired) electrons. The number of aromatic nitrogens is 2. The second kappa shape index (κ2) is 4.07. The summed E-state index contributed by atoms with van der Waals surface area (Å²) in [6, 6.07) is 6.80. The van der Waals surface area contributed by atoms with Gasteiger partial charge in [-0.1, -0.05) is 24.1 Å². The molecule has 2 heterocycles. The van der Waals surface area contributed by atoms with Gasteiger partial charge in [0.1, 0.15) is 5.15 Å². The Labute approximate surface area is 99.2 Å². The van der Waals surface area contributed by atoms with Gasteiger partial charge in [-0.3, -0.25) is 5.10 Å². The highest BCUT2D eigenvalue weighted by molar-refractivity contribution is 6.34. The lowest BCUT2D eigenvalue weighted by atomic mass is 9.97. The van der Waals surface area contributed by atoms with Crippen molar-refractivity contribution in [3.05, 3.63) is 28.9 Å². The van der Waals surface area contributed by atoms with Crippen LogP contribution in [0.25, 0.3) is 10.9 Å². The molecule has 0 saturated carbocycles. The molecule has 0 aliphatic carbocycles. The van der Waals surface area contributed by atoms with Crippen molar-refractivity contribution >= 4 is 22.5 Å². The van der Waals surface area contributed by atoms with Gasteiger partial charge in [-0.25, -0.2) is 0 Å². The quantitative estimate of drug-likeness (QED) is 0.798. The lowest BCUT2D eigenvalue weighted by molar-refractivity contribution is 0.412. The van der Waals surface area contributed by atoms with Gasteiger partial charge in [-0.15, -0.1) is 0 Å². The lowest BCUT2D eigenvalue weighted by Crippen LogP contribution is -2.26. The van der Waals surface area contributed by atoms with Crippen LogP contribution in [0.15, 0.2) is 18.2 Å². The topological polar surface area (TPSA) is 40.7 Å². The van der Waals surface area contributed by atoms with Crippen molar-refractivity contribution in [3.63, 3.8) is 0 Å². The number of nitrogens with one attached hydrogen (secondary N) is 2. The van der Waals surface area contributed by atoms with E-state index < -0.39 is 0 Å². The van der Waals surface area contributed by atoms with Crippen molar-refractivity contribution < 1.29 is 0 Å². The minimum absolute atomic E-state index is 0.480. The Hall–Kier alpha value is -1.06. The summed E-state index contributed by atoms with van der Waals surface area (Å²) >= 11 is 5.98. The summed E-state index contributed by atoms with van der Waals surface area (Å²) in [5, 5.41) is 12.2. The number of piperidine rings is 1. The zero-order valence-corrected chi connectivity index (χ0v) is 9.72. The zero-order chi connectivity index (χ0) is 11.0. The van der Waals surface area contributed by atoms with Gasteiger partial charge in [0.2, 0.25) is 0 Å². The first-order valence-corrected chi connectivity index (χ1v) is 6.09. The fourth-order valence-corrected chi connectivity index (χ4v) is 2.55. The average molecular weight is 236 g/mol. The van der Waals surface area contributed by atoms with Crippen LogP contribution in [-0.4, -0.2) is 16.7 Å². The van der Waals surface area contributed by atoms with Gasteiger partial charge >= 0.3 is 0 Å². The van der Waals surface area contributed by atoms with E-state index in [0.29, 0.717) is 11.2 Å². The lowest BCUT2D eigenvalue weighted by Gasteiger charge is -2.23. The van der Waals surface area contributed by atoms with Gasteiger partial charge in [0, 0.05) is 11.4 Å². The third kappa shape index (κ3) is 1.70. The number of nitrogens with zero attached hydrogens (tertiary/aromatic N) is 1. The maximum atomic E-state index is 5.98. The summed E-state index contributed by atoms with van der Waals surface area (Å²) < 4.78 is 0. The van der Waals surface area contributed by atoms with Crippen LogP contribution in [0, 0.1) is 0 Å². The minimum Gasteiger partial charge on any atom is -0.310 e.